The van der Waals surface area contributed by atoms with Crippen molar-refractivity contribution in [2.45, 2.75) is 13.0 Å². The average Bonchev–Trinajstić information content (AvgIpc) is 2.90. The number of nitrogens with zero attached hydrogens (tertiary/aromatic N) is 2. The number of imidazole rings is 1. The summed E-state index contributed by atoms with van der Waals surface area (Å²) in [5.74, 6) is 0.412. The van der Waals surface area contributed by atoms with Gasteiger partial charge in [-0.1, -0.05) is 30.7 Å². The maximum atomic E-state index is 12.2. The second-order valence-electron chi connectivity index (χ2n) is 5.03. The minimum absolute atomic E-state index is 0. The highest BCUT2D eigenvalue weighted by Gasteiger charge is 2.22. The fraction of sp³-hybridized carbons (Fsp3) is 0.333. The number of amides is 1. The van der Waals surface area contributed by atoms with Gasteiger partial charge >= 0.3 is 0 Å². The molecule has 0 aliphatic heterocycles. The first kappa shape index (κ1) is 18.5. The van der Waals surface area contributed by atoms with Crippen molar-refractivity contribution in [1.29, 1.82) is 0 Å². The lowest BCUT2D eigenvalue weighted by molar-refractivity contribution is -0.124. The van der Waals surface area contributed by atoms with E-state index in [0.29, 0.717) is 11.6 Å². The molecule has 0 fully saturated rings. The van der Waals surface area contributed by atoms with Gasteiger partial charge in [0.25, 0.3) is 0 Å². The number of halogens is 2. The molecule has 2 aromatic rings. The summed E-state index contributed by atoms with van der Waals surface area (Å²) in [5.41, 5.74) is 6.48. The second-order valence-corrected chi connectivity index (χ2v) is 5.46. The third-order valence-electron chi connectivity index (χ3n) is 3.41. The van der Waals surface area contributed by atoms with Crippen LogP contribution in [0.5, 0.6) is 0 Å². The fourth-order valence-corrected chi connectivity index (χ4v) is 2.13. The van der Waals surface area contributed by atoms with E-state index in [9.17, 15) is 4.79 Å². The van der Waals surface area contributed by atoms with Crippen molar-refractivity contribution in [2.75, 3.05) is 6.54 Å². The highest BCUT2D eigenvalue weighted by molar-refractivity contribution is 6.30. The quantitative estimate of drug-likeness (QED) is 0.875. The number of hydrogen-bond donors (Lipinski definition) is 2. The molecule has 3 N–H and O–H groups in total. The van der Waals surface area contributed by atoms with Gasteiger partial charge in [-0.05, 0) is 17.7 Å². The Bertz CT molecular complexity index is 612. The number of nitrogens with one attached hydrogen (secondary N) is 1. The average molecular weight is 343 g/mol. The lowest BCUT2D eigenvalue weighted by Crippen LogP contribution is -2.37. The highest BCUT2D eigenvalue weighted by atomic mass is 35.5. The maximum Gasteiger partial charge on any atom is 0.224 e. The van der Waals surface area contributed by atoms with E-state index in [1.807, 2.05) is 29.9 Å². The van der Waals surface area contributed by atoms with Gasteiger partial charge in [0.15, 0.2) is 0 Å². The normalized spacial score (nSPS) is 13.1. The van der Waals surface area contributed by atoms with Gasteiger partial charge in [-0.2, -0.15) is 0 Å². The van der Waals surface area contributed by atoms with Crippen LogP contribution in [0.2, 0.25) is 5.02 Å². The fourth-order valence-electron chi connectivity index (χ4n) is 2.00. The molecule has 1 heterocycles. The Hall–Kier alpha value is -1.56. The summed E-state index contributed by atoms with van der Waals surface area (Å²) in [6.07, 6.45) is 3.55. The van der Waals surface area contributed by atoms with E-state index in [0.717, 1.165) is 11.4 Å². The third kappa shape index (κ3) is 4.22. The molecule has 1 amide bonds. The van der Waals surface area contributed by atoms with Crippen molar-refractivity contribution >= 4 is 29.9 Å². The molecule has 2 rings (SSSR count). The number of nitrogens with two attached hydrogens (primary N) is 1. The summed E-state index contributed by atoms with van der Waals surface area (Å²) >= 11 is 5.93. The van der Waals surface area contributed by atoms with Crippen molar-refractivity contribution in [3.8, 4) is 0 Å². The van der Waals surface area contributed by atoms with Crippen LogP contribution in [0.1, 0.15) is 24.4 Å². The molecule has 0 bridgehead atoms. The van der Waals surface area contributed by atoms with Crippen molar-refractivity contribution in [1.82, 2.24) is 14.9 Å². The minimum atomic E-state index is -0.330. The number of carbonyl (C=O) groups is 1. The summed E-state index contributed by atoms with van der Waals surface area (Å²) in [4.78, 5) is 16.5. The van der Waals surface area contributed by atoms with E-state index in [1.54, 1.807) is 25.3 Å². The molecule has 0 aliphatic rings. The van der Waals surface area contributed by atoms with Gasteiger partial charge < -0.3 is 15.6 Å². The second kappa shape index (κ2) is 8.17. The first-order chi connectivity index (χ1) is 10.0. The van der Waals surface area contributed by atoms with Crippen molar-refractivity contribution < 1.29 is 4.79 Å². The molecule has 7 heteroatoms. The molecule has 2 atom stereocenters. The zero-order chi connectivity index (χ0) is 15.4. The summed E-state index contributed by atoms with van der Waals surface area (Å²) in [6.45, 7) is 2.10. The Morgan fingerprint density at radius 3 is 2.55 bits per heavy atom. The standard InChI is InChI=1S/C15H19ClN4O.ClH/c1-10(9-17)15(21)19-13(14-18-7-8-20(14)2)11-3-5-12(16)6-4-11;/h3-8,10,13H,9,17H2,1-2H3,(H,19,21);1H. The Balaban J connectivity index is 0.00000242. The number of carbonyl (C=O) groups excluding carboxylic acids is 1. The lowest BCUT2D eigenvalue weighted by Gasteiger charge is -2.21. The minimum Gasteiger partial charge on any atom is -0.342 e. The Labute approximate surface area is 141 Å². The van der Waals surface area contributed by atoms with Gasteiger partial charge in [0, 0.05) is 36.9 Å². The lowest BCUT2D eigenvalue weighted by atomic mass is 10.0. The van der Waals surface area contributed by atoms with Gasteiger partial charge in [0.1, 0.15) is 11.9 Å². The van der Waals surface area contributed by atoms with Crippen LogP contribution in [0.25, 0.3) is 0 Å². The summed E-state index contributed by atoms with van der Waals surface area (Å²) in [7, 11) is 1.89. The molecule has 120 valence electrons. The van der Waals surface area contributed by atoms with Crippen LogP contribution in [0.15, 0.2) is 36.7 Å². The molecule has 1 aromatic carbocycles. The molecule has 0 spiro atoms. The van der Waals surface area contributed by atoms with E-state index in [-0.39, 0.29) is 30.3 Å². The number of hydrogen-bond acceptors (Lipinski definition) is 3. The van der Waals surface area contributed by atoms with Gasteiger partial charge in [-0.25, -0.2) is 4.98 Å². The van der Waals surface area contributed by atoms with E-state index >= 15 is 0 Å². The Morgan fingerprint density at radius 2 is 2.05 bits per heavy atom. The summed E-state index contributed by atoms with van der Waals surface area (Å²) in [6, 6.07) is 7.03. The van der Waals surface area contributed by atoms with Crippen LogP contribution in [0, 0.1) is 5.92 Å². The highest BCUT2D eigenvalue weighted by Crippen LogP contribution is 2.22. The van der Waals surface area contributed by atoms with Gasteiger partial charge in [-0.15, -0.1) is 12.4 Å². The molecule has 5 nitrogen and oxygen atoms in total. The van der Waals surface area contributed by atoms with Gasteiger partial charge in [0.2, 0.25) is 5.91 Å². The summed E-state index contributed by atoms with van der Waals surface area (Å²) < 4.78 is 1.88. The monoisotopic (exact) mass is 342 g/mol. The van der Waals surface area contributed by atoms with Gasteiger partial charge in [0.05, 0.1) is 0 Å². The van der Waals surface area contributed by atoms with Crippen LogP contribution < -0.4 is 11.1 Å². The van der Waals surface area contributed by atoms with Gasteiger partial charge in [-0.3, -0.25) is 4.79 Å². The van der Waals surface area contributed by atoms with Crippen LogP contribution in [-0.4, -0.2) is 22.0 Å². The maximum absolute atomic E-state index is 12.2. The SMILES string of the molecule is CC(CN)C(=O)NC(c1ccc(Cl)cc1)c1nccn1C.Cl. The molecule has 0 saturated carbocycles. The molecular formula is C15H20Cl2N4O. The van der Waals surface area contributed by atoms with E-state index in [1.165, 1.54) is 0 Å². The van der Waals surface area contributed by atoms with Crippen LogP contribution in [-0.2, 0) is 11.8 Å². The number of aryl methyl sites for hydroxylation is 1. The molecule has 22 heavy (non-hydrogen) atoms. The molecule has 0 radical (unpaired) electrons. The van der Waals surface area contributed by atoms with Crippen molar-refractivity contribution in [3.05, 3.63) is 53.1 Å². The smallest absolute Gasteiger partial charge is 0.224 e. The molecule has 0 aliphatic carbocycles. The van der Waals surface area contributed by atoms with Crippen LogP contribution in [0.3, 0.4) is 0 Å². The topological polar surface area (TPSA) is 72.9 Å². The Morgan fingerprint density at radius 1 is 1.41 bits per heavy atom. The zero-order valence-electron chi connectivity index (χ0n) is 12.5. The number of aromatic nitrogens is 2. The van der Waals surface area contributed by atoms with E-state index in [4.69, 9.17) is 17.3 Å². The number of benzene rings is 1. The first-order valence-corrected chi connectivity index (χ1v) is 7.14. The van der Waals surface area contributed by atoms with Crippen molar-refractivity contribution in [3.63, 3.8) is 0 Å². The van der Waals surface area contributed by atoms with Crippen molar-refractivity contribution in [2.24, 2.45) is 18.7 Å². The van der Waals surface area contributed by atoms with E-state index < -0.39 is 0 Å². The molecule has 2 unspecified atom stereocenters. The molecule has 0 saturated heterocycles. The largest absolute Gasteiger partial charge is 0.342 e. The van der Waals surface area contributed by atoms with E-state index in [2.05, 4.69) is 10.3 Å². The Kier molecular flexibility index (Phi) is 6.87. The predicted octanol–water partition coefficient (Wildman–Crippen LogP) is 2.30. The van der Waals surface area contributed by atoms with Crippen LogP contribution >= 0.6 is 24.0 Å². The van der Waals surface area contributed by atoms with Crippen LogP contribution in [0.4, 0.5) is 0 Å². The molecule has 1 aromatic heterocycles. The zero-order valence-corrected chi connectivity index (χ0v) is 14.1. The summed E-state index contributed by atoms with van der Waals surface area (Å²) in [5, 5.41) is 3.65. The predicted molar refractivity (Wildman–Crippen MR) is 90.1 cm³/mol. The molecular weight excluding hydrogens is 323 g/mol. The third-order valence-corrected chi connectivity index (χ3v) is 3.66. The first-order valence-electron chi connectivity index (χ1n) is 6.76. The number of rotatable bonds is 5.